The minimum atomic E-state index is -5.44. The predicted octanol–water partition coefficient (Wildman–Crippen LogP) is -5.15. The van der Waals surface area contributed by atoms with Crippen LogP contribution in [0.3, 0.4) is 0 Å². The van der Waals surface area contributed by atoms with E-state index < -0.39 is 89.7 Å². The van der Waals surface area contributed by atoms with Crippen LogP contribution in [0.1, 0.15) is 5.48 Å². The number of hydrogen-bond acceptors (Lipinski definition) is 11. The summed E-state index contributed by atoms with van der Waals surface area (Å²) in [6.07, 6.45) is 0.661. The third kappa shape index (κ3) is 6.68. The number of phenols is 1. The largest absolute Gasteiger partial charge is 1.00 e. The number of phenolic OH excluding ortho intramolecular Hbond substituents is 1. The van der Waals surface area contributed by atoms with Crippen LogP contribution in [0.15, 0.2) is 51.8 Å². The van der Waals surface area contributed by atoms with Crippen LogP contribution >= 0.6 is 0 Å². The first-order valence-corrected chi connectivity index (χ1v) is 9.47. The first-order valence-electron chi connectivity index (χ1n) is 8.80. The molecule has 3 rings (SSSR count). The molecule has 0 spiro atoms. The zero-order chi connectivity index (χ0) is 24.2. The van der Waals surface area contributed by atoms with Crippen molar-refractivity contribution in [1.82, 2.24) is 0 Å². The third-order valence-corrected chi connectivity index (χ3v) is 3.85. The smallest absolute Gasteiger partial charge is 0.716 e. The summed E-state index contributed by atoms with van der Waals surface area (Å²) in [5.74, 6) is -2.76. The molecule has 0 aliphatic heterocycles. The second kappa shape index (κ2) is 9.99. The Morgan fingerprint density at radius 2 is 1.47 bits per heavy atom. The van der Waals surface area contributed by atoms with E-state index in [4.69, 9.17) is 9.90 Å². The van der Waals surface area contributed by atoms with E-state index in [-0.39, 0.29) is 59.1 Å². The van der Waals surface area contributed by atoms with Gasteiger partial charge in [-0.05, 0) is 17.6 Å². The quantitative estimate of drug-likeness (QED) is 0.210. The molecule has 0 saturated carbocycles. The standard InChI is InChI=1S/C15H10O11S2.2Na/c16-12-5-10(26-28(21,22)23)6-13-14(12)15(17)11(7-24-13)8-1-3-9(4-2-8)25-27(18,19)20;;/h1-7,16H,(H,18,19,20)(H,21,22,23);;/q;2*+1/p-2/i1D,2D,3D,4D;;. The fourth-order valence-electron chi connectivity index (χ4n) is 2.13. The van der Waals surface area contributed by atoms with Gasteiger partial charge in [0.25, 0.3) is 20.8 Å². The molecule has 0 atom stereocenters. The van der Waals surface area contributed by atoms with Crippen molar-refractivity contribution in [3.8, 4) is 28.4 Å². The number of aromatic hydroxyl groups is 1. The fraction of sp³-hybridized carbons (Fsp3) is 0. The van der Waals surface area contributed by atoms with Gasteiger partial charge in [0.05, 0.1) is 11.0 Å². The molecule has 0 saturated heterocycles. The van der Waals surface area contributed by atoms with Crippen LogP contribution < -0.4 is 72.9 Å². The zero-order valence-corrected chi connectivity index (χ0v) is 20.7. The molecule has 0 unspecified atom stereocenters. The number of hydrogen-bond donors (Lipinski definition) is 1. The molecule has 0 bridgehead atoms. The predicted molar refractivity (Wildman–Crippen MR) is 90.2 cm³/mol. The molecule has 1 heterocycles. The molecule has 11 nitrogen and oxygen atoms in total. The molecule has 0 fully saturated rings. The van der Waals surface area contributed by atoms with E-state index in [1.807, 2.05) is 0 Å². The molecule has 0 aliphatic rings. The second-order valence-corrected chi connectivity index (χ2v) is 6.95. The summed E-state index contributed by atoms with van der Waals surface area (Å²) in [4.78, 5) is 12.9. The van der Waals surface area contributed by atoms with E-state index in [9.17, 15) is 35.8 Å². The molecular formula is C15H8Na2O11S2. The summed E-state index contributed by atoms with van der Waals surface area (Å²) in [5.41, 5.74) is -2.82. The Bertz CT molecular complexity index is 1530. The van der Waals surface area contributed by atoms with Crippen molar-refractivity contribution < 1.29 is 108 Å². The Balaban J connectivity index is 0.00000289. The van der Waals surface area contributed by atoms with Gasteiger partial charge in [0, 0.05) is 12.1 Å². The van der Waals surface area contributed by atoms with Crippen molar-refractivity contribution in [1.29, 1.82) is 0 Å². The summed E-state index contributed by atoms with van der Waals surface area (Å²) in [5, 5.41) is 9.51. The van der Waals surface area contributed by atoms with E-state index in [1.54, 1.807) is 0 Å². The molecule has 15 heteroatoms. The molecule has 3 aromatic rings. The SMILES string of the molecule is [2H]c1c([2H])c(-c2coc3cc(OS(=O)(=O)[O-])cc(O)c3c2=O)c([2H])c([2H])c1OS(=O)(=O)[O-].[Na+].[Na+]. The molecular weight excluding hydrogens is 466 g/mol. The number of fused-ring (bicyclic) bond motifs is 1. The Morgan fingerprint density at radius 3 is 2.00 bits per heavy atom. The van der Waals surface area contributed by atoms with E-state index in [2.05, 4.69) is 8.37 Å². The average Bonchev–Trinajstić information content (AvgIpc) is 2.63. The van der Waals surface area contributed by atoms with Crippen molar-refractivity contribution in [2.45, 2.75) is 0 Å². The van der Waals surface area contributed by atoms with Crippen LogP contribution in [0.5, 0.6) is 17.2 Å². The molecule has 1 aromatic heterocycles. The van der Waals surface area contributed by atoms with Crippen molar-refractivity contribution in [3.05, 3.63) is 52.8 Å². The monoisotopic (exact) mass is 478 g/mol. The normalized spacial score (nSPS) is 13.1. The van der Waals surface area contributed by atoms with Gasteiger partial charge in [0.2, 0.25) is 5.43 Å². The Hall–Kier alpha value is -1.13. The number of benzene rings is 2. The third-order valence-electron chi connectivity index (χ3n) is 3.09. The van der Waals surface area contributed by atoms with Crippen LogP contribution in [-0.2, 0) is 20.8 Å². The van der Waals surface area contributed by atoms with E-state index in [0.29, 0.717) is 12.3 Å². The van der Waals surface area contributed by atoms with Crippen molar-refractivity contribution >= 4 is 31.8 Å². The van der Waals surface area contributed by atoms with Gasteiger partial charge in [-0.1, -0.05) is 12.1 Å². The van der Waals surface area contributed by atoms with Gasteiger partial charge in [-0.3, -0.25) is 4.79 Å². The molecule has 1 N–H and O–H groups in total. The van der Waals surface area contributed by atoms with E-state index in [0.717, 1.165) is 6.07 Å². The molecule has 0 aliphatic carbocycles. The van der Waals surface area contributed by atoms with Crippen molar-refractivity contribution in [2.24, 2.45) is 0 Å². The first-order chi connectivity index (χ1) is 14.6. The van der Waals surface area contributed by atoms with Crippen LogP contribution in [-0.4, -0.2) is 31.0 Å². The summed E-state index contributed by atoms with van der Waals surface area (Å²) >= 11 is 0. The van der Waals surface area contributed by atoms with Gasteiger partial charge >= 0.3 is 59.1 Å². The van der Waals surface area contributed by atoms with Gasteiger partial charge < -0.3 is 27.0 Å². The van der Waals surface area contributed by atoms with E-state index >= 15 is 0 Å². The molecule has 148 valence electrons. The zero-order valence-electron chi connectivity index (χ0n) is 19.1. The molecule has 0 amide bonds. The summed E-state index contributed by atoms with van der Waals surface area (Å²) in [6, 6.07) is -2.70. The van der Waals surface area contributed by atoms with Gasteiger partial charge in [0.15, 0.2) is 0 Å². The Labute approximate surface area is 219 Å². The van der Waals surface area contributed by atoms with Crippen LogP contribution in [0.2, 0.25) is 0 Å². The Morgan fingerprint density at radius 1 is 0.933 bits per heavy atom. The molecule has 2 aromatic carbocycles. The summed E-state index contributed by atoms with van der Waals surface area (Å²) in [7, 11) is -10.7. The fourth-order valence-corrected chi connectivity index (χ4v) is 2.75. The van der Waals surface area contributed by atoms with Crippen molar-refractivity contribution in [2.75, 3.05) is 0 Å². The maximum absolute atomic E-state index is 12.9. The van der Waals surface area contributed by atoms with Gasteiger partial charge in [-0.2, -0.15) is 0 Å². The van der Waals surface area contributed by atoms with Crippen LogP contribution in [0.25, 0.3) is 22.1 Å². The minimum absolute atomic E-state index is 0. The van der Waals surface area contributed by atoms with Crippen LogP contribution in [0.4, 0.5) is 0 Å². The second-order valence-electron chi connectivity index (χ2n) is 4.98. The van der Waals surface area contributed by atoms with Gasteiger partial charge in [-0.15, -0.1) is 0 Å². The van der Waals surface area contributed by atoms with Crippen LogP contribution in [0, 0.1) is 0 Å². The first kappa shape index (κ1) is 20.8. The topological polar surface area (TPSA) is 183 Å². The molecule has 30 heavy (non-hydrogen) atoms. The Kier molecular flexibility index (Phi) is 6.91. The minimum Gasteiger partial charge on any atom is -0.716 e. The van der Waals surface area contributed by atoms with Crippen molar-refractivity contribution in [3.63, 3.8) is 0 Å². The summed E-state index contributed by atoms with van der Waals surface area (Å²) in [6.45, 7) is 0. The number of rotatable bonds is 5. The summed E-state index contributed by atoms with van der Waals surface area (Å²) < 4.78 is 109. The van der Waals surface area contributed by atoms with E-state index in [1.165, 1.54) is 0 Å². The maximum Gasteiger partial charge on any atom is 1.00 e. The maximum atomic E-state index is 12.9. The van der Waals surface area contributed by atoms with Gasteiger partial charge in [0.1, 0.15) is 34.5 Å². The average molecular weight is 478 g/mol. The van der Waals surface area contributed by atoms with Gasteiger partial charge in [-0.25, -0.2) is 16.8 Å². The molecule has 0 radical (unpaired) electrons.